The van der Waals surface area contributed by atoms with E-state index in [2.05, 4.69) is 4.98 Å². The highest BCUT2D eigenvalue weighted by molar-refractivity contribution is 5.98. The van der Waals surface area contributed by atoms with Gasteiger partial charge < -0.3 is 14.8 Å². The molecule has 0 aliphatic heterocycles. The molecule has 3 rings (SSSR count). The number of benzene rings is 2. The van der Waals surface area contributed by atoms with Crippen LogP contribution in [0.5, 0.6) is 11.5 Å². The second kappa shape index (κ2) is 4.74. The molecule has 0 unspecified atom stereocenters. The van der Waals surface area contributed by atoms with Gasteiger partial charge in [0.05, 0.1) is 7.11 Å². The third-order valence-electron chi connectivity index (χ3n) is 3.26. The first-order valence-electron chi connectivity index (χ1n) is 6.19. The number of aromatic amines is 1. The molecule has 2 N–H and O–H groups in total. The maximum Gasteiger partial charge on any atom is 0.291 e. The van der Waals surface area contributed by atoms with E-state index in [4.69, 9.17) is 4.74 Å². The molecule has 1 aromatic heterocycles. The summed E-state index contributed by atoms with van der Waals surface area (Å²) in [6, 6.07) is 14.7. The van der Waals surface area contributed by atoms with Crippen LogP contribution in [-0.4, -0.2) is 17.2 Å². The Morgan fingerprint density at radius 3 is 2.55 bits per heavy atom. The normalized spacial score (nSPS) is 10.7. The van der Waals surface area contributed by atoms with Gasteiger partial charge in [-0.05, 0) is 23.8 Å². The summed E-state index contributed by atoms with van der Waals surface area (Å²) in [7, 11) is 1.58. The maximum absolute atomic E-state index is 11.8. The summed E-state index contributed by atoms with van der Waals surface area (Å²) in [5, 5.41) is 10.9. The van der Waals surface area contributed by atoms with Crippen LogP contribution in [0.25, 0.3) is 22.0 Å². The number of pyridine rings is 1. The molecule has 0 saturated heterocycles. The highest BCUT2D eigenvalue weighted by Gasteiger charge is 2.14. The second-order valence-electron chi connectivity index (χ2n) is 4.46. The largest absolute Gasteiger partial charge is 0.503 e. The van der Waals surface area contributed by atoms with E-state index in [-0.39, 0.29) is 5.75 Å². The van der Waals surface area contributed by atoms with Crippen molar-refractivity contribution in [2.75, 3.05) is 7.11 Å². The van der Waals surface area contributed by atoms with E-state index < -0.39 is 5.56 Å². The molecule has 1 heterocycles. The number of fused-ring (bicyclic) bond motifs is 1. The molecule has 0 aliphatic rings. The topological polar surface area (TPSA) is 62.3 Å². The Labute approximate surface area is 115 Å². The number of rotatable bonds is 2. The second-order valence-corrected chi connectivity index (χ2v) is 4.46. The van der Waals surface area contributed by atoms with Crippen molar-refractivity contribution in [3.8, 4) is 22.6 Å². The van der Waals surface area contributed by atoms with Gasteiger partial charge in [0.15, 0.2) is 5.75 Å². The van der Waals surface area contributed by atoms with Gasteiger partial charge >= 0.3 is 0 Å². The first kappa shape index (κ1) is 12.3. The first-order chi connectivity index (χ1) is 9.70. The summed E-state index contributed by atoms with van der Waals surface area (Å²) in [6.45, 7) is 0. The Morgan fingerprint density at radius 2 is 1.85 bits per heavy atom. The molecule has 20 heavy (non-hydrogen) atoms. The zero-order valence-electron chi connectivity index (χ0n) is 10.9. The highest BCUT2D eigenvalue weighted by Crippen LogP contribution is 2.34. The molecular formula is C16H13NO3. The zero-order chi connectivity index (χ0) is 14.1. The van der Waals surface area contributed by atoms with Crippen LogP contribution in [0, 0.1) is 0 Å². The van der Waals surface area contributed by atoms with Gasteiger partial charge in [-0.2, -0.15) is 0 Å². The fourth-order valence-corrected chi connectivity index (χ4v) is 2.29. The third kappa shape index (κ3) is 1.91. The number of hydrogen-bond acceptors (Lipinski definition) is 3. The van der Waals surface area contributed by atoms with Crippen molar-refractivity contribution in [3.63, 3.8) is 0 Å². The van der Waals surface area contributed by atoms with Crippen LogP contribution in [-0.2, 0) is 0 Å². The molecule has 100 valence electrons. The summed E-state index contributed by atoms with van der Waals surface area (Å²) in [5.41, 5.74) is 1.46. The molecule has 0 atom stereocenters. The molecule has 3 aromatic rings. The molecule has 0 spiro atoms. The Kier molecular flexibility index (Phi) is 2.91. The first-order valence-corrected chi connectivity index (χ1v) is 6.19. The van der Waals surface area contributed by atoms with Gasteiger partial charge in [0.1, 0.15) is 5.75 Å². The van der Waals surface area contributed by atoms with Crippen molar-refractivity contribution < 1.29 is 9.84 Å². The molecule has 0 radical (unpaired) electrons. The van der Waals surface area contributed by atoms with Gasteiger partial charge in [-0.3, -0.25) is 4.79 Å². The summed E-state index contributed by atoms with van der Waals surface area (Å²) in [4.78, 5) is 14.5. The predicted molar refractivity (Wildman–Crippen MR) is 78.2 cm³/mol. The van der Waals surface area contributed by atoms with Crippen LogP contribution in [0.15, 0.2) is 53.3 Å². The molecule has 0 bridgehead atoms. The van der Waals surface area contributed by atoms with Crippen LogP contribution in [0.3, 0.4) is 0 Å². The van der Waals surface area contributed by atoms with E-state index in [1.165, 1.54) is 0 Å². The Hall–Kier alpha value is -2.75. The van der Waals surface area contributed by atoms with Gasteiger partial charge in [0.2, 0.25) is 0 Å². The fourth-order valence-electron chi connectivity index (χ4n) is 2.29. The predicted octanol–water partition coefficient (Wildman–Crippen LogP) is 2.91. The van der Waals surface area contributed by atoms with E-state index in [9.17, 15) is 9.90 Å². The van der Waals surface area contributed by atoms with E-state index >= 15 is 0 Å². The van der Waals surface area contributed by atoms with Gasteiger partial charge in [0, 0.05) is 16.5 Å². The van der Waals surface area contributed by atoms with E-state index in [0.717, 1.165) is 10.9 Å². The Balaban J connectivity index is 2.44. The van der Waals surface area contributed by atoms with Crippen LogP contribution in [0.2, 0.25) is 0 Å². The number of aromatic hydroxyl groups is 1. The molecule has 0 aliphatic carbocycles. The number of ether oxygens (including phenoxy) is 1. The lowest BCUT2D eigenvalue weighted by Crippen LogP contribution is -2.06. The van der Waals surface area contributed by atoms with Crippen LogP contribution >= 0.6 is 0 Å². The number of H-pyrrole nitrogens is 1. The van der Waals surface area contributed by atoms with Gasteiger partial charge in [-0.25, -0.2) is 0 Å². The summed E-state index contributed by atoms with van der Waals surface area (Å²) in [6.07, 6.45) is 0. The lowest BCUT2D eigenvalue weighted by atomic mass is 10.00. The molecule has 0 amide bonds. The lowest BCUT2D eigenvalue weighted by Gasteiger charge is -2.10. The third-order valence-corrected chi connectivity index (χ3v) is 3.26. The SMILES string of the molecule is COc1ccc2[nH]c(=O)c(O)c(-c3ccccc3)c2c1. The van der Waals surface area contributed by atoms with Crippen molar-refractivity contribution in [3.05, 3.63) is 58.9 Å². The maximum atomic E-state index is 11.8. The van der Waals surface area contributed by atoms with Crippen molar-refractivity contribution in [2.24, 2.45) is 0 Å². The van der Waals surface area contributed by atoms with Gasteiger partial charge in [-0.1, -0.05) is 30.3 Å². The van der Waals surface area contributed by atoms with Crippen LogP contribution in [0.1, 0.15) is 0 Å². The highest BCUT2D eigenvalue weighted by atomic mass is 16.5. The lowest BCUT2D eigenvalue weighted by molar-refractivity contribution is 0.415. The Bertz CT molecular complexity index is 822. The van der Waals surface area contributed by atoms with E-state index in [0.29, 0.717) is 16.8 Å². The number of aromatic nitrogens is 1. The minimum atomic E-state index is -0.499. The monoisotopic (exact) mass is 267 g/mol. The Morgan fingerprint density at radius 1 is 1.10 bits per heavy atom. The zero-order valence-corrected chi connectivity index (χ0v) is 10.9. The number of nitrogens with one attached hydrogen (secondary N) is 1. The number of methoxy groups -OCH3 is 1. The van der Waals surface area contributed by atoms with Crippen LogP contribution < -0.4 is 10.3 Å². The average molecular weight is 267 g/mol. The van der Waals surface area contributed by atoms with E-state index in [1.54, 1.807) is 25.3 Å². The smallest absolute Gasteiger partial charge is 0.291 e. The van der Waals surface area contributed by atoms with Gasteiger partial charge in [0.25, 0.3) is 5.56 Å². The summed E-state index contributed by atoms with van der Waals surface area (Å²) >= 11 is 0. The molecule has 2 aromatic carbocycles. The minimum absolute atomic E-state index is 0.281. The summed E-state index contributed by atoms with van der Waals surface area (Å²) < 4.78 is 5.21. The quantitative estimate of drug-likeness (QED) is 0.750. The van der Waals surface area contributed by atoms with E-state index in [1.807, 2.05) is 30.3 Å². The number of hydrogen-bond donors (Lipinski definition) is 2. The van der Waals surface area contributed by atoms with Crippen LogP contribution in [0.4, 0.5) is 0 Å². The van der Waals surface area contributed by atoms with Crippen molar-refractivity contribution in [1.29, 1.82) is 0 Å². The minimum Gasteiger partial charge on any atom is -0.503 e. The average Bonchev–Trinajstić information content (AvgIpc) is 2.49. The molecular weight excluding hydrogens is 254 g/mol. The molecule has 0 saturated carbocycles. The van der Waals surface area contributed by atoms with Crippen molar-refractivity contribution in [1.82, 2.24) is 4.98 Å². The molecule has 4 heteroatoms. The van der Waals surface area contributed by atoms with Crippen molar-refractivity contribution >= 4 is 10.9 Å². The fraction of sp³-hybridized carbons (Fsp3) is 0.0625. The van der Waals surface area contributed by atoms with Gasteiger partial charge in [-0.15, -0.1) is 0 Å². The summed E-state index contributed by atoms with van der Waals surface area (Å²) in [5.74, 6) is 0.387. The molecule has 4 nitrogen and oxygen atoms in total. The standard InChI is InChI=1S/C16H13NO3/c1-20-11-7-8-13-12(9-11)14(15(18)16(19)17-13)10-5-3-2-4-6-10/h2-9,18H,1H3,(H,17,19). The van der Waals surface area contributed by atoms with Crippen molar-refractivity contribution in [2.45, 2.75) is 0 Å². The molecule has 0 fully saturated rings.